The van der Waals surface area contributed by atoms with Gasteiger partial charge >= 0.3 is 12.0 Å². The number of benzene rings is 1. The van der Waals surface area contributed by atoms with E-state index in [1.165, 1.54) is 6.07 Å². The summed E-state index contributed by atoms with van der Waals surface area (Å²) in [5, 5.41) is 4.52. The standard InChI is InChI=1S/C14H19N3O4/c1-8(2)16-14(20)17-11(18)7-21-13(19)10-6-4-5-9(3)12(10)15/h4-6,8H,7,15H2,1-3H3,(H2,16,17,18,20). The predicted molar refractivity (Wildman–Crippen MR) is 77.7 cm³/mol. The second kappa shape index (κ2) is 7.28. The largest absolute Gasteiger partial charge is 0.452 e. The number of para-hydroxylation sites is 1. The van der Waals surface area contributed by atoms with Gasteiger partial charge in [-0.3, -0.25) is 10.1 Å². The summed E-state index contributed by atoms with van der Waals surface area (Å²) in [7, 11) is 0. The summed E-state index contributed by atoms with van der Waals surface area (Å²) in [5.41, 5.74) is 7.00. The Hall–Kier alpha value is -2.57. The van der Waals surface area contributed by atoms with Crippen LogP contribution in [0.15, 0.2) is 18.2 Å². The van der Waals surface area contributed by atoms with Crippen molar-refractivity contribution in [2.45, 2.75) is 26.8 Å². The molecule has 0 atom stereocenters. The van der Waals surface area contributed by atoms with Crippen molar-refractivity contribution in [1.82, 2.24) is 10.6 Å². The zero-order valence-electron chi connectivity index (χ0n) is 12.2. The lowest BCUT2D eigenvalue weighted by Gasteiger charge is -2.10. The number of hydrogen-bond acceptors (Lipinski definition) is 5. The molecule has 4 N–H and O–H groups in total. The van der Waals surface area contributed by atoms with Gasteiger partial charge in [0.25, 0.3) is 5.91 Å². The molecule has 3 amide bonds. The summed E-state index contributed by atoms with van der Waals surface area (Å²) in [6.07, 6.45) is 0. The van der Waals surface area contributed by atoms with Crippen molar-refractivity contribution in [1.29, 1.82) is 0 Å². The number of hydrogen-bond donors (Lipinski definition) is 3. The summed E-state index contributed by atoms with van der Waals surface area (Å²) in [5.74, 6) is -1.43. The number of carbonyl (C=O) groups is 3. The van der Waals surface area contributed by atoms with Crippen molar-refractivity contribution in [2.75, 3.05) is 12.3 Å². The molecular weight excluding hydrogens is 274 g/mol. The highest BCUT2D eigenvalue weighted by molar-refractivity contribution is 5.99. The molecule has 0 bridgehead atoms. The number of nitrogens with two attached hydrogens (primary N) is 1. The predicted octanol–water partition coefficient (Wildman–Crippen LogP) is 0.968. The van der Waals surface area contributed by atoms with Gasteiger partial charge in [-0.2, -0.15) is 0 Å². The maximum absolute atomic E-state index is 11.8. The second-order valence-corrected chi connectivity index (χ2v) is 4.79. The zero-order valence-corrected chi connectivity index (χ0v) is 12.2. The first-order chi connectivity index (χ1) is 9.81. The number of esters is 1. The lowest BCUT2D eigenvalue weighted by molar-refractivity contribution is -0.123. The molecule has 0 radical (unpaired) electrons. The number of ether oxygens (including phenoxy) is 1. The van der Waals surface area contributed by atoms with E-state index in [2.05, 4.69) is 5.32 Å². The molecular formula is C14H19N3O4. The fourth-order valence-corrected chi connectivity index (χ4v) is 1.53. The fourth-order valence-electron chi connectivity index (χ4n) is 1.53. The van der Waals surface area contributed by atoms with E-state index < -0.39 is 24.5 Å². The van der Waals surface area contributed by atoms with Crippen LogP contribution in [0.4, 0.5) is 10.5 Å². The third-order valence-electron chi connectivity index (χ3n) is 2.55. The molecule has 114 valence electrons. The van der Waals surface area contributed by atoms with Gasteiger partial charge in [0.05, 0.1) is 5.56 Å². The van der Waals surface area contributed by atoms with Crippen molar-refractivity contribution in [3.8, 4) is 0 Å². The summed E-state index contributed by atoms with van der Waals surface area (Å²) < 4.78 is 4.82. The molecule has 0 aliphatic heterocycles. The smallest absolute Gasteiger partial charge is 0.340 e. The van der Waals surface area contributed by atoms with Crippen LogP contribution in [0.5, 0.6) is 0 Å². The monoisotopic (exact) mass is 293 g/mol. The van der Waals surface area contributed by atoms with Gasteiger partial charge < -0.3 is 15.8 Å². The van der Waals surface area contributed by atoms with Crippen LogP contribution in [0.1, 0.15) is 29.8 Å². The number of rotatable bonds is 4. The number of nitrogen functional groups attached to an aromatic ring is 1. The van der Waals surface area contributed by atoms with Crippen molar-refractivity contribution < 1.29 is 19.1 Å². The van der Waals surface area contributed by atoms with E-state index in [1.54, 1.807) is 32.9 Å². The van der Waals surface area contributed by atoms with E-state index in [-0.39, 0.29) is 11.6 Å². The van der Waals surface area contributed by atoms with Gasteiger partial charge in [0, 0.05) is 11.7 Å². The molecule has 0 fully saturated rings. The molecule has 7 nitrogen and oxygen atoms in total. The molecule has 0 heterocycles. The Balaban J connectivity index is 2.51. The van der Waals surface area contributed by atoms with Crippen molar-refractivity contribution in [2.24, 2.45) is 0 Å². The maximum atomic E-state index is 11.8. The van der Waals surface area contributed by atoms with Gasteiger partial charge in [-0.05, 0) is 32.4 Å². The minimum absolute atomic E-state index is 0.104. The summed E-state index contributed by atoms with van der Waals surface area (Å²) in [4.78, 5) is 34.5. The molecule has 0 unspecified atom stereocenters. The van der Waals surface area contributed by atoms with E-state index in [4.69, 9.17) is 10.5 Å². The second-order valence-electron chi connectivity index (χ2n) is 4.79. The topological polar surface area (TPSA) is 111 Å². The fraction of sp³-hybridized carbons (Fsp3) is 0.357. The third kappa shape index (κ3) is 5.13. The number of imide groups is 1. The average Bonchev–Trinajstić information content (AvgIpc) is 2.38. The van der Waals surface area contributed by atoms with Crippen LogP contribution in [0.2, 0.25) is 0 Å². The maximum Gasteiger partial charge on any atom is 0.340 e. The molecule has 0 spiro atoms. The first-order valence-corrected chi connectivity index (χ1v) is 6.43. The first-order valence-electron chi connectivity index (χ1n) is 6.43. The third-order valence-corrected chi connectivity index (χ3v) is 2.55. The molecule has 1 aromatic rings. The van der Waals surface area contributed by atoms with Gasteiger partial charge in [-0.15, -0.1) is 0 Å². The van der Waals surface area contributed by atoms with Crippen LogP contribution < -0.4 is 16.4 Å². The minimum Gasteiger partial charge on any atom is -0.452 e. The highest BCUT2D eigenvalue weighted by atomic mass is 16.5. The van der Waals surface area contributed by atoms with Crippen molar-refractivity contribution in [3.63, 3.8) is 0 Å². The molecule has 21 heavy (non-hydrogen) atoms. The van der Waals surface area contributed by atoms with E-state index in [1.807, 2.05) is 5.32 Å². The normalized spacial score (nSPS) is 10.1. The minimum atomic E-state index is -0.715. The number of urea groups is 1. The van der Waals surface area contributed by atoms with Gasteiger partial charge in [0.1, 0.15) is 0 Å². The Kier molecular flexibility index (Phi) is 5.71. The van der Waals surface area contributed by atoms with Gasteiger partial charge in [0.15, 0.2) is 6.61 Å². The van der Waals surface area contributed by atoms with Crippen LogP contribution >= 0.6 is 0 Å². The van der Waals surface area contributed by atoms with Crippen LogP contribution in [0, 0.1) is 6.92 Å². The molecule has 7 heteroatoms. The lowest BCUT2D eigenvalue weighted by Crippen LogP contribution is -2.44. The Labute approximate surface area is 122 Å². The van der Waals surface area contributed by atoms with Crippen molar-refractivity contribution in [3.05, 3.63) is 29.3 Å². The first kappa shape index (κ1) is 16.5. The molecule has 1 rings (SSSR count). The molecule has 0 aliphatic carbocycles. The quantitative estimate of drug-likeness (QED) is 0.566. The Morgan fingerprint density at radius 3 is 2.57 bits per heavy atom. The van der Waals surface area contributed by atoms with Crippen LogP contribution in [0.25, 0.3) is 0 Å². The summed E-state index contributed by atoms with van der Waals surface area (Å²) in [6, 6.07) is 4.19. The van der Waals surface area contributed by atoms with Gasteiger partial charge in [-0.1, -0.05) is 12.1 Å². The highest BCUT2D eigenvalue weighted by Gasteiger charge is 2.15. The summed E-state index contributed by atoms with van der Waals surface area (Å²) >= 11 is 0. The van der Waals surface area contributed by atoms with E-state index >= 15 is 0 Å². The number of carbonyl (C=O) groups excluding carboxylic acids is 3. The van der Waals surface area contributed by atoms with Crippen LogP contribution in [-0.4, -0.2) is 30.6 Å². The van der Waals surface area contributed by atoms with E-state index in [0.717, 1.165) is 5.56 Å². The van der Waals surface area contributed by atoms with Crippen LogP contribution in [-0.2, 0) is 9.53 Å². The Bertz CT molecular complexity index is 555. The number of aryl methyl sites for hydroxylation is 1. The van der Waals surface area contributed by atoms with E-state index in [9.17, 15) is 14.4 Å². The summed E-state index contributed by atoms with van der Waals surface area (Å²) in [6.45, 7) is 4.71. The number of nitrogens with one attached hydrogen (secondary N) is 2. The van der Waals surface area contributed by atoms with Gasteiger partial charge in [0.2, 0.25) is 0 Å². The van der Waals surface area contributed by atoms with Gasteiger partial charge in [-0.25, -0.2) is 9.59 Å². The lowest BCUT2D eigenvalue weighted by atomic mass is 10.1. The highest BCUT2D eigenvalue weighted by Crippen LogP contribution is 2.17. The van der Waals surface area contributed by atoms with E-state index in [0.29, 0.717) is 5.69 Å². The Morgan fingerprint density at radius 1 is 1.29 bits per heavy atom. The number of amides is 3. The van der Waals surface area contributed by atoms with Crippen molar-refractivity contribution >= 4 is 23.6 Å². The SMILES string of the molecule is Cc1cccc(C(=O)OCC(=O)NC(=O)NC(C)C)c1N. The number of anilines is 1. The molecule has 1 aromatic carbocycles. The molecule has 0 aliphatic rings. The molecule has 0 saturated carbocycles. The average molecular weight is 293 g/mol. The molecule has 0 saturated heterocycles. The van der Waals surface area contributed by atoms with Crippen LogP contribution in [0.3, 0.4) is 0 Å². The Morgan fingerprint density at radius 2 is 1.95 bits per heavy atom. The zero-order chi connectivity index (χ0) is 16.0. The molecule has 0 aromatic heterocycles.